The molecule has 0 radical (unpaired) electrons. The Labute approximate surface area is 278 Å². The number of ether oxygens (including phenoxy) is 2. The van der Waals surface area contributed by atoms with Crippen LogP contribution in [0.1, 0.15) is 52.1 Å². The summed E-state index contributed by atoms with van der Waals surface area (Å²) in [6, 6.07) is 13.7. The number of aromatic nitrogens is 3. The summed E-state index contributed by atoms with van der Waals surface area (Å²) in [5.74, 6) is 0.427. The molecule has 2 aromatic carbocycles. The summed E-state index contributed by atoms with van der Waals surface area (Å²) in [6.07, 6.45) is 0.607. The molecule has 3 heterocycles. The number of oxazole rings is 1. The van der Waals surface area contributed by atoms with E-state index in [2.05, 4.69) is 20.7 Å². The number of rotatable bonds is 6. The highest BCUT2D eigenvalue weighted by atomic mass is 16.5. The molecule has 0 fully saturated rings. The summed E-state index contributed by atoms with van der Waals surface area (Å²) >= 11 is 0. The highest BCUT2D eigenvalue weighted by molar-refractivity contribution is 5.96. The smallest absolute Gasteiger partial charge is 0.244 e. The van der Waals surface area contributed by atoms with E-state index >= 15 is 0 Å². The molecule has 0 saturated heterocycles. The van der Waals surface area contributed by atoms with Gasteiger partial charge in [0.1, 0.15) is 24.0 Å². The van der Waals surface area contributed by atoms with Crippen molar-refractivity contribution in [3.05, 3.63) is 82.5 Å². The van der Waals surface area contributed by atoms with Gasteiger partial charge in [0.2, 0.25) is 23.6 Å². The van der Waals surface area contributed by atoms with E-state index in [1.54, 1.807) is 39.0 Å². The number of amides is 3. The molecule has 1 atom stereocenters. The van der Waals surface area contributed by atoms with Crippen LogP contribution in [0.25, 0.3) is 11.5 Å². The third-order valence-electron chi connectivity index (χ3n) is 8.20. The van der Waals surface area contributed by atoms with E-state index in [9.17, 15) is 19.2 Å². The fourth-order valence-electron chi connectivity index (χ4n) is 5.72. The van der Waals surface area contributed by atoms with E-state index in [1.165, 1.54) is 23.6 Å². The molecule has 252 valence electrons. The van der Waals surface area contributed by atoms with Crippen molar-refractivity contribution in [1.82, 2.24) is 30.3 Å². The molecule has 2 N–H and O–H groups in total. The lowest BCUT2D eigenvalue weighted by Gasteiger charge is -2.25. The SMILES string of the molecule is COc1ccc2cc1OCCCN(C(=O)Cn1nc(C)c(C(C)=O)c1C)CC(=O)N[C@H](Cc1ccccc1)C(=O)NCc1nc-2oc1C. The van der Waals surface area contributed by atoms with Crippen molar-refractivity contribution >= 4 is 23.5 Å². The Balaban J connectivity index is 1.44. The van der Waals surface area contributed by atoms with Crippen LogP contribution in [0.3, 0.4) is 0 Å². The van der Waals surface area contributed by atoms with Crippen LogP contribution in [-0.4, -0.2) is 76.0 Å². The van der Waals surface area contributed by atoms with Gasteiger partial charge in [0.15, 0.2) is 17.3 Å². The molecule has 1 aliphatic rings. The minimum absolute atomic E-state index is 0.0737. The van der Waals surface area contributed by atoms with E-state index in [-0.39, 0.29) is 50.9 Å². The third-order valence-corrected chi connectivity index (χ3v) is 8.20. The summed E-state index contributed by atoms with van der Waals surface area (Å²) in [5.41, 5.74) is 3.62. The number of carbonyl (C=O) groups excluding carboxylic acids is 4. The summed E-state index contributed by atoms with van der Waals surface area (Å²) in [5, 5.41) is 10.1. The minimum atomic E-state index is -0.927. The molecule has 4 bridgehead atoms. The van der Waals surface area contributed by atoms with Crippen LogP contribution >= 0.6 is 0 Å². The Morgan fingerprint density at radius 3 is 2.56 bits per heavy atom. The summed E-state index contributed by atoms with van der Waals surface area (Å²) in [6.45, 7) is 6.65. The molecule has 1 aliphatic heterocycles. The van der Waals surface area contributed by atoms with Gasteiger partial charge in [0.25, 0.3) is 0 Å². The predicted molar refractivity (Wildman–Crippen MR) is 176 cm³/mol. The number of nitrogens with one attached hydrogen (secondary N) is 2. The van der Waals surface area contributed by atoms with Gasteiger partial charge in [0, 0.05) is 24.2 Å². The van der Waals surface area contributed by atoms with Crippen LogP contribution in [0.15, 0.2) is 52.9 Å². The van der Waals surface area contributed by atoms with Crippen LogP contribution in [0.5, 0.6) is 11.5 Å². The number of nitrogens with zero attached hydrogens (tertiary/aromatic N) is 4. The van der Waals surface area contributed by atoms with Gasteiger partial charge < -0.3 is 29.4 Å². The first-order valence-corrected chi connectivity index (χ1v) is 15.7. The second kappa shape index (κ2) is 15.0. The van der Waals surface area contributed by atoms with Gasteiger partial charge in [-0.1, -0.05) is 30.3 Å². The molecule has 0 spiro atoms. The third kappa shape index (κ3) is 7.91. The van der Waals surface area contributed by atoms with Gasteiger partial charge >= 0.3 is 0 Å². The van der Waals surface area contributed by atoms with Gasteiger partial charge in [-0.3, -0.25) is 23.9 Å². The molecule has 0 aliphatic carbocycles. The molecule has 0 saturated carbocycles. The summed E-state index contributed by atoms with van der Waals surface area (Å²) in [7, 11) is 1.54. The van der Waals surface area contributed by atoms with Gasteiger partial charge in [-0.2, -0.15) is 5.10 Å². The van der Waals surface area contributed by atoms with Crippen molar-refractivity contribution in [3.8, 4) is 23.0 Å². The van der Waals surface area contributed by atoms with Crippen molar-refractivity contribution < 1.29 is 33.1 Å². The fraction of sp³-hybridized carbons (Fsp3) is 0.371. The summed E-state index contributed by atoms with van der Waals surface area (Å²) in [4.78, 5) is 59.0. The van der Waals surface area contributed by atoms with E-state index in [1.807, 2.05) is 30.3 Å². The average Bonchev–Trinajstić information content (AvgIpc) is 3.57. The van der Waals surface area contributed by atoms with Gasteiger partial charge in [-0.15, -0.1) is 0 Å². The zero-order chi connectivity index (χ0) is 34.4. The highest BCUT2D eigenvalue weighted by Gasteiger charge is 2.26. The lowest BCUT2D eigenvalue weighted by molar-refractivity contribution is -0.137. The number of aryl methyl sites for hydroxylation is 2. The fourth-order valence-corrected chi connectivity index (χ4v) is 5.72. The number of carbonyl (C=O) groups is 4. The highest BCUT2D eigenvalue weighted by Crippen LogP contribution is 2.33. The zero-order valence-corrected chi connectivity index (χ0v) is 27.8. The van der Waals surface area contributed by atoms with Gasteiger partial charge in [-0.25, -0.2) is 4.98 Å². The predicted octanol–water partition coefficient (Wildman–Crippen LogP) is 3.33. The van der Waals surface area contributed by atoms with Gasteiger partial charge in [-0.05, 0) is 57.9 Å². The topological polar surface area (TPSA) is 158 Å². The maximum absolute atomic E-state index is 13.7. The van der Waals surface area contributed by atoms with E-state index in [4.69, 9.17) is 13.9 Å². The zero-order valence-electron chi connectivity index (χ0n) is 27.8. The quantitative estimate of drug-likeness (QED) is 0.297. The lowest BCUT2D eigenvalue weighted by Crippen LogP contribution is -2.51. The van der Waals surface area contributed by atoms with E-state index in [0.29, 0.717) is 57.8 Å². The molecule has 48 heavy (non-hydrogen) atoms. The van der Waals surface area contributed by atoms with Crippen LogP contribution in [0.4, 0.5) is 0 Å². The molecule has 13 heteroatoms. The largest absolute Gasteiger partial charge is 0.493 e. The molecular weight excluding hydrogens is 616 g/mol. The molecule has 2 aromatic heterocycles. The number of hydrogen-bond acceptors (Lipinski definition) is 9. The van der Waals surface area contributed by atoms with Crippen molar-refractivity contribution in [2.24, 2.45) is 0 Å². The number of fused-ring (bicyclic) bond motifs is 5. The maximum atomic E-state index is 13.7. The molecule has 3 amide bonds. The second-order valence-electron chi connectivity index (χ2n) is 11.7. The van der Waals surface area contributed by atoms with Crippen molar-refractivity contribution in [2.75, 3.05) is 26.8 Å². The average molecular weight is 657 g/mol. The monoisotopic (exact) mass is 656 g/mol. The van der Waals surface area contributed by atoms with Crippen LogP contribution < -0.4 is 20.1 Å². The number of methoxy groups -OCH3 is 1. The van der Waals surface area contributed by atoms with Crippen LogP contribution in [0, 0.1) is 20.8 Å². The minimum Gasteiger partial charge on any atom is -0.493 e. The van der Waals surface area contributed by atoms with Crippen LogP contribution in [-0.2, 0) is 33.9 Å². The maximum Gasteiger partial charge on any atom is 0.244 e. The molecule has 5 rings (SSSR count). The molecule has 4 aromatic rings. The first kappa shape index (κ1) is 33.9. The van der Waals surface area contributed by atoms with Crippen molar-refractivity contribution in [1.29, 1.82) is 0 Å². The number of Topliss-reactive ketones (excluding diaryl/α,β-unsaturated/α-hetero) is 1. The molecular formula is C35H40N6O7. The Kier molecular flexibility index (Phi) is 10.6. The van der Waals surface area contributed by atoms with Gasteiger partial charge in [0.05, 0.1) is 38.1 Å². The van der Waals surface area contributed by atoms with Crippen molar-refractivity contribution in [2.45, 2.75) is 59.7 Å². The summed E-state index contributed by atoms with van der Waals surface area (Å²) < 4.78 is 19.0. The van der Waals surface area contributed by atoms with Crippen LogP contribution in [0.2, 0.25) is 0 Å². The second-order valence-corrected chi connectivity index (χ2v) is 11.7. The molecule has 13 nitrogen and oxygen atoms in total. The Bertz CT molecular complexity index is 1810. The first-order chi connectivity index (χ1) is 23.0. The van der Waals surface area contributed by atoms with E-state index < -0.39 is 17.9 Å². The standard InChI is InChI=1S/C35H40N6O7/c1-21-33(23(3)42)22(2)41(39-21)20-32(44)40-14-9-15-47-30-17-26(12-13-29(30)46-5)35-38-28(24(4)48-35)18-36-34(45)27(37-31(43)19-40)16-25-10-7-6-8-11-25/h6-8,10-13,17,27H,9,14-16,18-20H2,1-5H3,(H,36,45)(H,37,43)/t27-/m1/s1. The Morgan fingerprint density at radius 2 is 1.85 bits per heavy atom. The lowest BCUT2D eigenvalue weighted by atomic mass is 10.1. The molecule has 0 unspecified atom stereocenters. The van der Waals surface area contributed by atoms with E-state index in [0.717, 1.165) is 5.56 Å². The Hall–Kier alpha value is -5.46. The van der Waals surface area contributed by atoms with Crippen molar-refractivity contribution in [3.63, 3.8) is 0 Å². The Morgan fingerprint density at radius 1 is 1.08 bits per heavy atom. The number of benzene rings is 2. The first-order valence-electron chi connectivity index (χ1n) is 15.7. The number of hydrogen-bond donors (Lipinski definition) is 2. The number of ketones is 1. The normalized spacial score (nSPS) is 15.9.